The van der Waals surface area contributed by atoms with E-state index in [9.17, 15) is 9.59 Å². The molecule has 0 radical (unpaired) electrons. The Morgan fingerprint density at radius 1 is 1.14 bits per heavy atom. The molecule has 1 aromatic heterocycles. The smallest absolute Gasteiger partial charge is 0.289 e. The van der Waals surface area contributed by atoms with Crippen LogP contribution in [0.5, 0.6) is 11.5 Å². The Bertz CT molecular complexity index is 770. The molecule has 2 heterocycles. The normalized spacial score (nSPS) is 14.5. The van der Waals surface area contributed by atoms with Gasteiger partial charge in [-0.1, -0.05) is 12.1 Å². The number of methoxy groups -OCH3 is 1. The Morgan fingerprint density at radius 3 is 2.57 bits per heavy atom. The Morgan fingerprint density at radius 2 is 1.89 bits per heavy atom. The van der Waals surface area contributed by atoms with Crippen molar-refractivity contribution in [3.05, 3.63) is 48.4 Å². The van der Waals surface area contributed by atoms with Gasteiger partial charge in [0.25, 0.3) is 11.8 Å². The zero-order chi connectivity index (χ0) is 19.8. The molecule has 28 heavy (non-hydrogen) atoms. The van der Waals surface area contributed by atoms with Crippen LogP contribution in [0.4, 0.5) is 0 Å². The summed E-state index contributed by atoms with van der Waals surface area (Å²) < 4.78 is 16.0. The molecule has 0 spiro atoms. The van der Waals surface area contributed by atoms with Crippen LogP contribution in [-0.4, -0.2) is 69.7 Å². The minimum absolute atomic E-state index is 0.0237. The highest BCUT2D eigenvalue weighted by Gasteiger charge is 2.26. The summed E-state index contributed by atoms with van der Waals surface area (Å²) in [6.45, 7) is 3.87. The lowest BCUT2D eigenvalue weighted by molar-refractivity contribution is -0.896. The standard InChI is InChI=1S/C20H25N3O5/c1-26-16-5-2-3-6-17(16)28-14-8-21-19(24)15-22-9-11-23(12-10-22)20(25)18-7-4-13-27-18/h2-7,13H,8-12,14-15H2,1H3,(H,21,24)/p+1. The van der Waals surface area contributed by atoms with Crippen molar-refractivity contribution in [3.63, 3.8) is 0 Å². The number of piperazine rings is 1. The van der Waals surface area contributed by atoms with Crippen LogP contribution in [0.1, 0.15) is 10.6 Å². The largest absolute Gasteiger partial charge is 0.493 e. The van der Waals surface area contributed by atoms with Gasteiger partial charge in [0.2, 0.25) is 0 Å². The topological polar surface area (TPSA) is 85.5 Å². The molecule has 1 fully saturated rings. The molecule has 3 rings (SSSR count). The fourth-order valence-corrected chi connectivity index (χ4v) is 3.14. The lowest BCUT2D eigenvalue weighted by Gasteiger charge is -2.31. The SMILES string of the molecule is COc1ccccc1OCCNC(=O)C[NH+]1CCN(C(=O)c2ccco2)CC1. The van der Waals surface area contributed by atoms with E-state index in [4.69, 9.17) is 13.9 Å². The molecule has 0 bridgehead atoms. The van der Waals surface area contributed by atoms with Crippen LogP contribution in [0.3, 0.4) is 0 Å². The first-order chi connectivity index (χ1) is 13.7. The highest BCUT2D eigenvalue weighted by molar-refractivity contribution is 5.91. The molecular weight excluding hydrogens is 362 g/mol. The molecule has 1 aliphatic heterocycles. The molecule has 2 amide bonds. The summed E-state index contributed by atoms with van der Waals surface area (Å²) in [5, 5.41) is 2.87. The molecule has 8 nitrogen and oxygen atoms in total. The average Bonchev–Trinajstić information content (AvgIpc) is 3.26. The first kappa shape index (κ1) is 19.8. The molecule has 0 unspecified atom stereocenters. The number of furan rings is 1. The monoisotopic (exact) mass is 388 g/mol. The predicted octanol–water partition coefficient (Wildman–Crippen LogP) is -0.176. The first-order valence-electron chi connectivity index (χ1n) is 9.36. The van der Waals surface area contributed by atoms with E-state index in [-0.39, 0.29) is 11.8 Å². The predicted molar refractivity (Wildman–Crippen MR) is 102 cm³/mol. The molecule has 1 aliphatic rings. The number of amides is 2. The number of nitrogens with zero attached hydrogens (tertiary/aromatic N) is 1. The Labute approximate surface area is 164 Å². The summed E-state index contributed by atoms with van der Waals surface area (Å²) in [6, 6.07) is 10.8. The van der Waals surface area contributed by atoms with Crippen molar-refractivity contribution in [3.8, 4) is 11.5 Å². The number of ether oxygens (including phenoxy) is 2. The molecule has 1 saturated heterocycles. The summed E-state index contributed by atoms with van der Waals surface area (Å²) in [5.41, 5.74) is 0. The van der Waals surface area contributed by atoms with E-state index >= 15 is 0 Å². The van der Waals surface area contributed by atoms with Crippen molar-refractivity contribution in [2.75, 3.05) is 53.0 Å². The fourth-order valence-electron chi connectivity index (χ4n) is 3.14. The third-order valence-electron chi connectivity index (χ3n) is 4.65. The molecule has 0 atom stereocenters. The summed E-state index contributed by atoms with van der Waals surface area (Å²) in [5.74, 6) is 1.56. The van der Waals surface area contributed by atoms with Gasteiger partial charge in [0.15, 0.2) is 23.8 Å². The van der Waals surface area contributed by atoms with Crippen molar-refractivity contribution in [1.29, 1.82) is 0 Å². The molecule has 0 saturated carbocycles. The van der Waals surface area contributed by atoms with Gasteiger partial charge < -0.3 is 29.0 Å². The number of benzene rings is 1. The summed E-state index contributed by atoms with van der Waals surface area (Å²) >= 11 is 0. The summed E-state index contributed by atoms with van der Waals surface area (Å²) in [4.78, 5) is 27.3. The van der Waals surface area contributed by atoms with Crippen LogP contribution in [-0.2, 0) is 4.79 Å². The van der Waals surface area contributed by atoms with Crippen molar-refractivity contribution in [2.45, 2.75) is 0 Å². The molecule has 0 aliphatic carbocycles. The third kappa shape index (κ3) is 5.26. The maximum Gasteiger partial charge on any atom is 0.289 e. The first-order valence-corrected chi connectivity index (χ1v) is 9.36. The van der Waals surface area contributed by atoms with Crippen LogP contribution in [0.15, 0.2) is 47.1 Å². The van der Waals surface area contributed by atoms with Crippen molar-refractivity contribution < 1.29 is 28.4 Å². The number of para-hydroxylation sites is 2. The Balaban J connectivity index is 1.33. The lowest BCUT2D eigenvalue weighted by Crippen LogP contribution is -3.15. The Kier molecular flexibility index (Phi) is 6.91. The maximum atomic E-state index is 12.2. The van der Waals surface area contributed by atoms with Crippen LogP contribution >= 0.6 is 0 Å². The van der Waals surface area contributed by atoms with E-state index in [1.165, 1.54) is 6.26 Å². The van der Waals surface area contributed by atoms with Gasteiger partial charge in [-0.3, -0.25) is 9.59 Å². The van der Waals surface area contributed by atoms with Gasteiger partial charge in [-0.25, -0.2) is 0 Å². The van der Waals surface area contributed by atoms with Crippen LogP contribution in [0.2, 0.25) is 0 Å². The summed E-state index contributed by atoms with van der Waals surface area (Å²) in [6.07, 6.45) is 1.50. The minimum Gasteiger partial charge on any atom is -0.493 e. The number of nitrogens with one attached hydrogen (secondary N) is 2. The number of hydrogen-bond donors (Lipinski definition) is 2. The quantitative estimate of drug-likeness (QED) is 0.613. The summed E-state index contributed by atoms with van der Waals surface area (Å²) in [7, 11) is 1.59. The van der Waals surface area contributed by atoms with Gasteiger partial charge >= 0.3 is 0 Å². The zero-order valence-electron chi connectivity index (χ0n) is 16.0. The average molecular weight is 388 g/mol. The number of quaternary nitrogens is 1. The van der Waals surface area contributed by atoms with Crippen molar-refractivity contribution >= 4 is 11.8 Å². The second kappa shape index (κ2) is 9.80. The van der Waals surface area contributed by atoms with Gasteiger partial charge in [0, 0.05) is 0 Å². The maximum absolute atomic E-state index is 12.2. The van der Waals surface area contributed by atoms with Gasteiger partial charge in [-0.2, -0.15) is 0 Å². The minimum atomic E-state index is -0.0954. The van der Waals surface area contributed by atoms with Gasteiger partial charge in [-0.05, 0) is 24.3 Å². The number of hydrogen-bond acceptors (Lipinski definition) is 5. The zero-order valence-corrected chi connectivity index (χ0v) is 16.0. The molecular formula is C20H26N3O5+. The van der Waals surface area contributed by atoms with Gasteiger partial charge in [0.05, 0.1) is 46.1 Å². The lowest BCUT2D eigenvalue weighted by atomic mass is 10.3. The van der Waals surface area contributed by atoms with Crippen LogP contribution in [0.25, 0.3) is 0 Å². The fraction of sp³-hybridized carbons (Fsp3) is 0.400. The Hall–Kier alpha value is -3.00. The van der Waals surface area contributed by atoms with Crippen LogP contribution < -0.4 is 19.7 Å². The van der Waals surface area contributed by atoms with Gasteiger partial charge in [-0.15, -0.1) is 0 Å². The van der Waals surface area contributed by atoms with E-state index in [2.05, 4.69) is 5.32 Å². The third-order valence-corrected chi connectivity index (χ3v) is 4.65. The van der Waals surface area contributed by atoms with E-state index in [1.807, 2.05) is 24.3 Å². The second-order valence-corrected chi connectivity index (χ2v) is 6.55. The molecule has 2 aromatic rings. The number of carbonyl (C=O) groups is 2. The van der Waals surface area contributed by atoms with E-state index in [0.717, 1.165) is 18.0 Å². The molecule has 8 heteroatoms. The van der Waals surface area contributed by atoms with E-state index in [0.29, 0.717) is 50.0 Å². The highest BCUT2D eigenvalue weighted by Crippen LogP contribution is 2.25. The second-order valence-electron chi connectivity index (χ2n) is 6.55. The highest BCUT2D eigenvalue weighted by atomic mass is 16.5. The van der Waals surface area contributed by atoms with Crippen molar-refractivity contribution in [1.82, 2.24) is 10.2 Å². The van der Waals surface area contributed by atoms with Crippen LogP contribution in [0, 0.1) is 0 Å². The van der Waals surface area contributed by atoms with Gasteiger partial charge in [0.1, 0.15) is 6.61 Å². The number of rotatable bonds is 8. The van der Waals surface area contributed by atoms with E-state index < -0.39 is 0 Å². The molecule has 150 valence electrons. The molecule has 2 N–H and O–H groups in total. The number of carbonyl (C=O) groups excluding carboxylic acids is 2. The van der Waals surface area contributed by atoms with E-state index in [1.54, 1.807) is 24.1 Å². The van der Waals surface area contributed by atoms with Crippen molar-refractivity contribution in [2.24, 2.45) is 0 Å². The molecule has 1 aromatic carbocycles.